The molecule has 1 atom stereocenters. The third kappa shape index (κ3) is 4.73. The number of likely N-dealkylation sites (tertiary alicyclic amines) is 1. The first-order valence-corrected chi connectivity index (χ1v) is 8.56. The first-order valence-electron chi connectivity index (χ1n) is 8.56. The van der Waals surface area contributed by atoms with Crippen molar-refractivity contribution >= 4 is 17.5 Å². The van der Waals surface area contributed by atoms with Crippen LogP contribution in [0.5, 0.6) is 0 Å². The van der Waals surface area contributed by atoms with Gasteiger partial charge in [0.1, 0.15) is 17.5 Å². The molecule has 1 amide bonds. The lowest BCUT2D eigenvalue weighted by Crippen LogP contribution is -2.40. The summed E-state index contributed by atoms with van der Waals surface area (Å²) >= 11 is 0. The SMILES string of the molecule is Cc1cccc(Nc2cc(C3CCCN(CC(N)=O)C3)nc(C)n2)n1. The second-order valence-electron chi connectivity index (χ2n) is 6.56. The fourth-order valence-electron chi connectivity index (χ4n) is 3.27. The summed E-state index contributed by atoms with van der Waals surface area (Å²) in [4.78, 5) is 26.8. The predicted molar refractivity (Wildman–Crippen MR) is 96.6 cm³/mol. The molecule has 0 aromatic carbocycles. The number of amides is 1. The first kappa shape index (κ1) is 17.3. The van der Waals surface area contributed by atoms with Gasteiger partial charge in [-0.2, -0.15) is 0 Å². The molecular formula is C18H24N6O. The number of piperidine rings is 1. The lowest BCUT2D eigenvalue weighted by Gasteiger charge is -2.31. The number of hydrogen-bond acceptors (Lipinski definition) is 6. The summed E-state index contributed by atoms with van der Waals surface area (Å²) < 4.78 is 0. The minimum absolute atomic E-state index is 0.279. The van der Waals surface area contributed by atoms with Crippen molar-refractivity contribution < 1.29 is 4.79 Å². The molecule has 132 valence electrons. The number of nitrogens with one attached hydrogen (secondary N) is 1. The van der Waals surface area contributed by atoms with Crippen LogP contribution in [-0.4, -0.2) is 45.4 Å². The van der Waals surface area contributed by atoms with Crippen LogP contribution in [0.25, 0.3) is 0 Å². The molecule has 1 aliphatic heterocycles. The van der Waals surface area contributed by atoms with Crippen molar-refractivity contribution in [3.05, 3.63) is 41.5 Å². The van der Waals surface area contributed by atoms with Crippen LogP contribution in [0, 0.1) is 13.8 Å². The highest BCUT2D eigenvalue weighted by Gasteiger charge is 2.24. The van der Waals surface area contributed by atoms with Crippen LogP contribution < -0.4 is 11.1 Å². The van der Waals surface area contributed by atoms with Gasteiger partial charge in [0.15, 0.2) is 0 Å². The van der Waals surface area contributed by atoms with E-state index in [1.54, 1.807) is 0 Å². The molecule has 0 spiro atoms. The monoisotopic (exact) mass is 340 g/mol. The Kier molecular flexibility index (Phi) is 5.23. The molecule has 3 N–H and O–H groups in total. The number of carbonyl (C=O) groups is 1. The normalized spacial score (nSPS) is 18.1. The summed E-state index contributed by atoms with van der Waals surface area (Å²) in [6.07, 6.45) is 2.08. The van der Waals surface area contributed by atoms with E-state index in [-0.39, 0.29) is 11.8 Å². The van der Waals surface area contributed by atoms with Crippen LogP contribution >= 0.6 is 0 Å². The highest BCUT2D eigenvalue weighted by molar-refractivity contribution is 5.75. The number of pyridine rings is 1. The Morgan fingerprint density at radius 1 is 1.28 bits per heavy atom. The van der Waals surface area contributed by atoms with Crippen molar-refractivity contribution in [3.8, 4) is 0 Å². The molecule has 1 saturated heterocycles. The Balaban J connectivity index is 1.78. The standard InChI is InChI=1S/C18H24N6O/c1-12-5-3-7-17(20-12)23-18-9-15(21-13(2)22-18)14-6-4-8-24(10-14)11-16(19)25/h3,5,7,9,14H,4,6,8,10-11H2,1-2H3,(H2,19,25)(H,20,21,22,23). The molecule has 0 bridgehead atoms. The second kappa shape index (κ2) is 7.57. The van der Waals surface area contributed by atoms with E-state index in [0.717, 1.165) is 54.8 Å². The molecular weight excluding hydrogens is 316 g/mol. The quantitative estimate of drug-likeness (QED) is 0.863. The maximum Gasteiger partial charge on any atom is 0.231 e. The molecule has 0 aliphatic carbocycles. The Hall–Kier alpha value is -2.54. The number of nitrogens with zero attached hydrogens (tertiary/aromatic N) is 4. The third-order valence-corrected chi connectivity index (χ3v) is 4.31. The summed E-state index contributed by atoms with van der Waals surface area (Å²) in [7, 11) is 0. The van der Waals surface area contributed by atoms with E-state index in [2.05, 4.69) is 25.2 Å². The van der Waals surface area contributed by atoms with Gasteiger partial charge in [0.2, 0.25) is 5.91 Å². The number of anilines is 2. The van der Waals surface area contributed by atoms with Gasteiger partial charge < -0.3 is 11.1 Å². The molecule has 7 heteroatoms. The van der Waals surface area contributed by atoms with E-state index in [1.807, 2.05) is 38.1 Å². The second-order valence-corrected chi connectivity index (χ2v) is 6.56. The zero-order valence-corrected chi connectivity index (χ0v) is 14.7. The highest BCUT2D eigenvalue weighted by Crippen LogP contribution is 2.27. The Morgan fingerprint density at radius 2 is 2.12 bits per heavy atom. The van der Waals surface area contributed by atoms with Crippen molar-refractivity contribution in [1.82, 2.24) is 19.9 Å². The maximum absolute atomic E-state index is 11.2. The summed E-state index contributed by atoms with van der Waals surface area (Å²) in [6.45, 7) is 5.85. The Morgan fingerprint density at radius 3 is 2.88 bits per heavy atom. The van der Waals surface area contributed by atoms with Crippen LogP contribution in [0.2, 0.25) is 0 Å². The molecule has 2 aromatic heterocycles. The maximum atomic E-state index is 11.2. The predicted octanol–water partition coefficient (Wildman–Crippen LogP) is 1.90. The number of aromatic nitrogens is 3. The number of aryl methyl sites for hydroxylation is 2. The fourth-order valence-corrected chi connectivity index (χ4v) is 3.27. The lowest BCUT2D eigenvalue weighted by molar-refractivity contribution is -0.119. The molecule has 3 heterocycles. The van der Waals surface area contributed by atoms with Crippen LogP contribution in [-0.2, 0) is 4.79 Å². The number of carbonyl (C=O) groups excluding carboxylic acids is 1. The van der Waals surface area contributed by atoms with Crippen molar-refractivity contribution in [2.75, 3.05) is 25.0 Å². The summed E-state index contributed by atoms with van der Waals surface area (Å²) in [5.41, 5.74) is 7.28. The van der Waals surface area contributed by atoms with Crippen molar-refractivity contribution in [3.63, 3.8) is 0 Å². The molecule has 1 unspecified atom stereocenters. The van der Waals surface area contributed by atoms with Crippen LogP contribution in [0.1, 0.15) is 36.0 Å². The molecule has 25 heavy (non-hydrogen) atoms. The third-order valence-electron chi connectivity index (χ3n) is 4.31. The van der Waals surface area contributed by atoms with E-state index in [9.17, 15) is 4.79 Å². The van der Waals surface area contributed by atoms with E-state index >= 15 is 0 Å². The Labute approximate surface area is 147 Å². The summed E-state index contributed by atoms with van der Waals surface area (Å²) in [5, 5.41) is 3.26. The molecule has 1 aliphatic rings. The average Bonchev–Trinajstić information content (AvgIpc) is 2.54. The zero-order chi connectivity index (χ0) is 17.8. The van der Waals surface area contributed by atoms with E-state index in [4.69, 9.17) is 5.73 Å². The lowest BCUT2D eigenvalue weighted by atomic mass is 9.94. The summed E-state index contributed by atoms with van der Waals surface area (Å²) in [6, 6.07) is 7.81. The van der Waals surface area contributed by atoms with Crippen molar-refractivity contribution in [2.24, 2.45) is 5.73 Å². The van der Waals surface area contributed by atoms with E-state index < -0.39 is 0 Å². The van der Waals surface area contributed by atoms with Crippen LogP contribution in [0.15, 0.2) is 24.3 Å². The van der Waals surface area contributed by atoms with Gasteiger partial charge in [0.05, 0.1) is 12.2 Å². The number of hydrogen-bond donors (Lipinski definition) is 2. The number of primary amides is 1. The average molecular weight is 340 g/mol. The van der Waals surface area contributed by atoms with Gasteiger partial charge in [-0.05, 0) is 45.4 Å². The van der Waals surface area contributed by atoms with E-state index in [1.165, 1.54) is 0 Å². The summed E-state index contributed by atoms with van der Waals surface area (Å²) in [5.74, 6) is 2.23. The smallest absolute Gasteiger partial charge is 0.231 e. The topological polar surface area (TPSA) is 97.0 Å². The largest absolute Gasteiger partial charge is 0.369 e. The van der Waals surface area contributed by atoms with Gasteiger partial charge in [0, 0.05) is 24.2 Å². The number of nitrogens with two attached hydrogens (primary N) is 1. The molecule has 7 nitrogen and oxygen atoms in total. The molecule has 2 aromatic rings. The van der Waals surface area contributed by atoms with E-state index in [0.29, 0.717) is 6.54 Å². The van der Waals surface area contributed by atoms with Gasteiger partial charge >= 0.3 is 0 Å². The van der Waals surface area contributed by atoms with Gasteiger partial charge in [-0.25, -0.2) is 15.0 Å². The van der Waals surface area contributed by atoms with Gasteiger partial charge in [0.25, 0.3) is 0 Å². The van der Waals surface area contributed by atoms with Gasteiger partial charge in [-0.1, -0.05) is 6.07 Å². The molecule has 0 saturated carbocycles. The number of rotatable bonds is 5. The van der Waals surface area contributed by atoms with Gasteiger partial charge in [-0.3, -0.25) is 9.69 Å². The highest BCUT2D eigenvalue weighted by atomic mass is 16.1. The zero-order valence-electron chi connectivity index (χ0n) is 14.7. The van der Waals surface area contributed by atoms with Crippen molar-refractivity contribution in [2.45, 2.75) is 32.6 Å². The van der Waals surface area contributed by atoms with Gasteiger partial charge in [-0.15, -0.1) is 0 Å². The van der Waals surface area contributed by atoms with Crippen LogP contribution in [0.3, 0.4) is 0 Å². The Bertz CT molecular complexity index is 763. The minimum Gasteiger partial charge on any atom is -0.369 e. The fraction of sp³-hybridized carbons (Fsp3) is 0.444. The van der Waals surface area contributed by atoms with Crippen LogP contribution in [0.4, 0.5) is 11.6 Å². The first-order chi connectivity index (χ1) is 12.0. The molecule has 1 fully saturated rings. The minimum atomic E-state index is -0.285. The molecule has 3 rings (SSSR count). The molecule has 0 radical (unpaired) electrons. The van der Waals surface area contributed by atoms with Crippen molar-refractivity contribution in [1.29, 1.82) is 0 Å².